The summed E-state index contributed by atoms with van der Waals surface area (Å²) in [5, 5.41) is 0.312. The van der Waals surface area contributed by atoms with Crippen molar-refractivity contribution < 1.29 is 9.18 Å². The molecule has 1 saturated heterocycles. The van der Waals surface area contributed by atoms with E-state index in [0.29, 0.717) is 5.02 Å². The van der Waals surface area contributed by atoms with Gasteiger partial charge in [0.2, 0.25) is 0 Å². The number of halogens is 2. The first-order valence-corrected chi connectivity index (χ1v) is 7.55. The Kier molecular flexibility index (Phi) is 4.82. The molecule has 0 radical (unpaired) electrons. The van der Waals surface area contributed by atoms with Crippen molar-refractivity contribution in [1.29, 1.82) is 0 Å². The fraction of sp³-hybridized carbons (Fsp3) is 0.562. The number of likely N-dealkylation sites (tertiary alicyclic amines) is 1. The summed E-state index contributed by atoms with van der Waals surface area (Å²) in [4.78, 5) is 14.9. The van der Waals surface area contributed by atoms with Gasteiger partial charge in [-0.25, -0.2) is 4.39 Å². The van der Waals surface area contributed by atoms with Gasteiger partial charge in [0, 0.05) is 5.02 Å². The molecule has 0 amide bonds. The van der Waals surface area contributed by atoms with Gasteiger partial charge in [-0.15, -0.1) is 0 Å². The number of benzene rings is 1. The van der Waals surface area contributed by atoms with Crippen molar-refractivity contribution >= 4 is 17.4 Å². The van der Waals surface area contributed by atoms with Crippen molar-refractivity contribution in [1.82, 2.24) is 4.90 Å². The van der Waals surface area contributed by atoms with Gasteiger partial charge in [0.1, 0.15) is 5.82 Å². The Morgan fingerprint density at radius 3 is 2.35 bits per heavy atom. The molecule has 0 unspecified atom stereocenters. The van der Waals surface area contributed by atoms with Crippen molar-refractivity contribution in [3.8, 4) is 0 Å². The molecule has 20 heavy (non-hydrogen) atoms. The second kappa shape index (κ2) is 6.23. The minimum absolute atomic E-state index is 0.128. The highest BCUT2D eigenvalue weighted by molar-refractivity contribution is 6.30. The summed E-state index contributed by atoms with van der Waals surface area (Å²) in [6.07, 6.45) is 4.60. The number of hydrogen-bond acceptors (Lipinski definition) is 2. The van der Waals surface area contributed by atoms with Crippen LogP contribution in [0.2, 0.25) is 5.02 Å². The molecule has 0 spiro atoms. The lowest BCUT2D eigenvalue weighted by atomic mass is 9.90. The molecule has 0 bridgehead atoms. The summed E-state index contributed by atoms with van der Waals surface area (Å²) in [5.74, 6) is -0.709. The number of Topliss-reactive ketones (excluding diaryl/α,β-unsaturated/α-hetero) is 1. The largest absolute Gasteiger partial charge is 0.292 e. The average Bonchev–Trinajstić information content (AvgIpc) is 2.67. The summed E-state index contributed by atoms with van der Waals surface area (Å²) in [5.41, 5.74) is -0.553. The van der Waals surface area contributed by atoms with E-state index in [9.17, 15) is 9.18 Å². The first kappa shape index (κ1) is 15.5. The second-order valence-electron chi connectivity index (χ2n) is 5.91. The maximum absolute atomic E-state index is 14.0. The van der Waals surface area contributed by atoms with E-state index in [0.717, 1.165) is 25.9 Å². The molecule has 110 valence electrons. The van der Waals surface area contributed by atoms with E-state index in [1.807, 2.05) is 13.8 Å². The molecule has 4 heteroatoms. The molecule has 1 aliphatic heterocycles. The van der Waals surface area contributed by atoms with Gasteiger partial charge in [-0.1, -0.05) is 24.4 Å². The quantitative estimate of drug-likeness (QED) is 0.775. The summed E-state index contributed by atoms with van der Waals surface area (Å²) >= 11 is 5.74. The van der Waals surface area contributed by atoms with Gasteiger partial charge in [0.25, 0.3) is 0 Å². The fourth-order valence-electron chi connectivity index (χ4n) is 2.78. The van der Waals surface area contributed by atoms with E-state index >= 15 is 0 Å². The van der Waals surface area contributed by atoms with Gasteiger partial charge in [-0.2, -0.15) is 0 Å². The van der Waals surface area contributed by atoms with Crippen molar-refractivity contribution in [2.45, 2.75) is 45.1 Å². The molecule has 1 fully saturated rings. The van der Waals surface area contributed by atoms with Crippen molar-refractivity contribution in [3.05, 3.63) is 34.6 Å². The molecule has 0 N–H and O–H groups in total. The van der Waals surface area contributed by atoms with Crippen LogP contribution in [0.25, 0.3) is 0 Å². The normalized spacial score (nSPS) is 17.8. The highest BCUT2D eigenvalue weighted by Crippen LogP contribution is 2.26. The van der Waals surface area contributed by atoms with Crippen molar-refractivity contribution in [2.75, 3.05) is 13.1 Å². The number of carbonyl (C=O) groups excluding carboxylic acids is 1. The SMILES string of the molecule is CC(C)(C(=O)c1ccc(Cl)cc1F)N1CCCCCC1. The van der Waals surface area contributed by atoms with Crippen molar-refractivity contribution in [2.24, 2.45) is 0 Å². The third kappa shape index (κ3) is 3.21. The predicted octanol–water partition coefficient (Wildman–Crippen LogP) is 4.32. The Morgan fingerprint density at radius 1 is 1.20 bits per heavy atom. The topological polar surface area (TPSA) is 20.3 Å². The lowest BCUT2D eigenvalue weighted by molar-refractivity contribution is 0.0645. The van der Waals surface area contributed by atoms with Crippen LogP contribution in [-0.2, 0) is 0 Å². The molecule has 0 atom stereocenters. The van der Waals surface area contributed by atoms with Crippen LogP contribution in [0.15, 0.2) is 18.2 Å². The number of carbonyl (C=O) groups is 1. The van der Waals surface area contributed by atoms with E-state index in [1.165, 1.54) is 25.0 Å². The van der Waals surface area contributed by atoms with Crippen LogP contribution < -0.4 is 0 Å². The molecule has 1 aromatic carbocycles. The van der Waals surface area contributed by atoms with E-state index in [1.54, 1.807) is 6.07 Å². The molecule has 0 aliphatic carbocycles. The zero-order chi connectivity index (χ0) is 14.8. The summed E-state index contributed by atoms with van der Waals surface area (Å²) in [6.45, 7) is 5.56. The molecule has 0 saturated carbocycles. The summed E-state index contributed by atoms with van der Waals surface area (Å²) in [7, 11) is 0. The van der Waals surface area contributed by atoms with Gasteiger partial charge in [0.15, 0.2) is 5.78 Å². The minimum Gasteiger partial charge on any atom is -0.292 e. The van der Waals surface area contributed by atoms with E-state index < -0.39 is 11.4 Å². The van der Waals surface area contributed by atoms with Crippen LogP contribution in [-0.4, -0.2) is 29.3 Å². The van der Waals surface area contributed by atoms with Gasteiger partial charge in [-0.05, 0) is 58.0 Å². The van der Waals surface area contributed by atoms with Crippen LogP contribution in [0.5, 0.6) is 0 Å². The number of nitrogens with zero attached hydrogens (tertiary/aromatic N) is 1. The van der Waals surface area contributed by atoms with Gasteiger partial charge < -0.3 is 0 Å². The van der Waals surface area contributed by atoms with E-state index in [-0.39, 0.29) is 11.3 Å². The molecule has 1 aromatic rings. The average molecular weight is 298 g/mol. The van der Waals surface area contributed by atoms with Gasteiger partial charge in [0.05, 0.1) is 11.1 Å². The van der Waals surface area contributed by atoms with Crippen molar-refractivity contribution in [3.63, 3.8) is 0 Å². The fourth-order valence-corrected chi connectivity index (χ4v) is 2.94. The Bertz CT molecular complexity index is 493. The molecular weight excluding hydrogens is 277 g/mol. The summed E-state index contributed by atoms with van der Waals surface area (Å²) < 4.78 is 14.0. The lowest BCUT2D eigenvalue weighted by Gasteiger charge is -2.36. The van der Waals surface area contributed by atoms with Crippen LogP contribution >= 0.6 is 11.6 Å². The van der Waals surface area contributed by atoms with E-state index in [2.05, 4.69) is 4.90 Å². The highest BCUT2D eigenvalue weighted by Gasteiger charge is 2.36. The van der Waals surface area contributed by atoms with E-state index in [4.69, 9.17) is 11.6 Å². The monoisotopic (exact) mass is 297 g/mol. The van der Waals surface area contributed by atoms with Crippen LogP contribution in [0.4, 0.5) is 4.39 Å². The third-order valence-electron chi connectivity index (χ3n) is 4.13. The lowest BCUT2D eigenvalue weighted by Crippen LogP contribution is -2.50. The molecule has 2 rings (SSSR count). The maximum atomic E-state index is 14.0. The Labute approximate surface area is 124 Å². The Morgan fingerprint density at radius 2 is 1.80 bits per heavy atom. The molecular formula is C16H21ClFNO. The molecule has 1 heterocycles. The maximum Gasteiger partial charge on any atom is 0.185 e. The Balaban J connectivity index is 2.25. The first-order chi connectivity index (χ1) is 9.43. The predicted molar refractivity (Wildman–Crippen MR) is 79.9 cm³/mol. The highest BCUT2D eigenvalue weighted by atomic mass is 35.5. The number of rotatable bonds is 3. The summed E-state index contributed by atoms with van der Waals surface area (Å²) in [6, 6.07) is 4.25. The molecule has 0 aromatic heterocycles. The standard InChI is InChI=1S/C16H21ClFNO/c1-16(2,19-9-5-3-4-6-10-19)15(20)13-8-7-12(17)11-14(13)18/h7-8,11H,3-6,9-10H2,1-2H3. The smallest absolute Gasteiger partial charge is 0.185 e. The van der Waals surface area contributed by atoms with Crippen LogP contribution in [0.3, 0.4) is 0 Å². The Hall–Kier alpha value is -0.930. The van der Waals surface area contributed by atoms with Gasteiger partial charge in [-0.3, -0.25) is 9.69 Å². The zero-order valence-electron chi connectivity index (χ0n) is 12.1. The molecule has 1 aliphatic rings. The zero-order valence-corrected chi connectivity index (χ0v) is 12.8. The first-order valence-electron chi connectivity index (χ1n) is 7.18. The third-order valence-corrected chi connectivity index (χ3v) is 4.36. The minimum atomic E-state index is -0.682. The second-order valence-corrected chi connectivity index (χ2v) is 6.35. The van der Waals surface area contributed by atoms with Crippen LogP contribution in [0, 0.1) is 5.82 Å². The van der Waals surface area contributed by atoms with Gasteiger partial charge >= 0.3 is 0 Å². The number of ketones is 1. The number of hydrogen-bond donors (Lipinski definition) is 0. The molecule has 2 nitrogen and oxygen atoms in total. The van der Waals surface area contributed by atoms with Crippen LogP contribution in [0.1, 0.15) is 49.9 Å².